The van der Waals surface area contributed by atoms with Gasteiger partial charge in [0.15, 0.2) is 0 Å². The van der Waals surface area contributed by atoms with E-state index in [0.717, 1.165) is 17.2 Å². The highest BCUT2D eigenvalue weighted by molar-refractivity contribution is 7.99. The Kier molecular flexibility index (Phi) is 5.65. The molecule has 0 saturated carbocycles. The molecule has 0 spiro atoms. The zero-order chi connectivity index (χ0) is 11.1. The monoisotopic (exact) mass is 225 g/mol. The van der Waals surface area contributed by atoms with Crippen LogP contribution in [-0.4, -0.2) is 28.5 Å². The molecule has 15 heavy (non-hydrogen) atoms. The van der Waals surface area contributed by atoms with Crippen LogP contribution in [0.3, 0.4) is 0 Å². The first kappa shape index (κ1) is 12.5. The molecule has 1 N–H and O–H groups in total. The third kappa shape index (κ3) is 4.62. The molecule has 0 radical (unpaired) electrons. The largest absolute Gasteiger partial charge is 0.312 e. The molecule has 1 rings (SSSR count). The van der Waals surface area contributed by atoms with Gasteiger partial charge in [-0.15, -0.1) is 0 Å². The van der Waals surface area contributed by atoms with E-state index in [1.165, 1.54) is 5.75 Å². The highest BCUT2D eigenvalue weighted by Crippen LogP contribution is 2.18. The van der Waals surface area contributed by atoms with Gasteiger partial charge in [0.25, 0.3) is 0 Å². The Morgan fingerprint density at radius 3 is 2.47 bits per heavy atom. The summed E-state index contributed by atoms with van der Waals surface area (Å²) >= 11 is 1.97. The predicted octanol–water partition coefficient (Wildman–Crippen LogP) is 2.13. The minimum atomic E-state index is 0.356. The first-order valence-corrected chi connectivity index (χ1v) is 6.39. The second-order valence-electron chi connectivity index (χ2n) is 3.94. The summed E-state index contributed by atoms with van der Waals surface area (Å²) in [7, 11) is 1.98. The van der Waals surface area contributed by atoms with Crippen LogP contribution in [0.1, 0.15) is 25.5 Å². The normalized spacial score (nSPS) is 13.1. The van der Waals surface area contributed by atoms with Crippen molar-refractivity contribution in [3.05, 3.63) is 24.3 Å². The van der Waals surface area contributed by atoms with Crippen LogP contribution in [0, 0.1) is 5.92 Å². The fourth-order valence-corrected chi connectivity index (χ4v) is 2.46. The Morgan fingerprint density at radius 1 is 1.27 bits per heavy atom. The Labute approximate surface area is 96.1 Å². The van der Waals surface area contributed by atoms with E-state index in [2.05, 4.69) is 29.1 Å². The molecule has 0 amide bonds. The third-order valence-corrected chi connectivity index (χ3v) is 3.54. The standard InChI is InChI=1S/C11H19N3S/c1-9(2)6-15-7-11(12-3)10-4-13-8-14-5-10/h4-5,8-9,11-12H,6-7H2,1-3H3. The number of aromatic nitrogens is 2. The molecule has 1 unspecified atom stereocenters. The highest BCUT2D eigenvalue weighted by atomic mass is 32.2. The van der Waals surface area contributed by atoms with Crippen molar-refractivity contribution in [1.29, 1.82) is 0 Å². The van der Waals surface area contributed by atoms with Gasteiger partial charge in [0, 0.05) is 29.8 Å². The zero-order valence-corrected chi connectivity index (χ0v) is 10.4. The molecule has 0 bridgehead atoms. The summed E-state index contributed by atoms with van der Waals surface area (Å²) in [5.74, 6) is 3.02. The SMILES string of the molecule is CNC(CSCC(C)C)c1cncnc1. The topological polar surface area (TPSA) is 37.8 Å². The van der Waals surface area contributed by atoms with Gasteiger partial charge in [-0.2, -0.15) is 11.8 Å². The number of thioether (sulfide) groups is 1. The lowest BCUT2D eigenvalue weighted by molar-refractivity contribution is 0.653. The van der Waals surface area contributed by atoms with Crippen molar-refractivity contribution in [3.63, 3.8) is 0 Å². The van der Waals surface area contributed by atoms with Crippen LogP contribution in [-0.2, 0) is 0 Å². The molecule has 84 valence electrons. The Bertz CT molecular complexity index is 264. The van der Waals surface area contributed by atoms with Crippen LogP contribution in [0.2, 0.25) is 0 Å². The molecule has 0 aliphatic carbocycles. The Hall–Kier alpha value is -0.610. The summed E-state index contributed by atoms with van der Waals surface area (Å²) in [4.78, 5) is 8.07. The number of hydrogen-bond donors (Lipinski definition) is 1. The summed E-state index contributed by atoms with van der Waals surface area (Å²) in [6, 6.07) is 0.356. The molecule has 1 aromatic heterocycles. The van der Waals surface area contributed by atoms with Gasteiger partial charge in [-0.3, -0.25) is 0 Å². The van der Waals surface area contributed by atoms with Gasteiger partial charge >= 0.3 is 0 Å². The van der Waals surface area contributed by atoms with Gasteiger partial charge < -0.3 is 5.32 Å². The van der Waals surface area contributed by atoms with E-state index in [1.54, 1.807) is 6.33 Å². The molecule has 0 aromatic carbocycles. The molecular weight excluding hydrogens is 206 g/mol. The first-order chi connectivity index (χ1) is 7.24. The maximum atomic E-state index is 4.04. The molecule has 0 aliphatic heterocycles. The first-order valence-electron chi connectivity index (χ1n) is 5.24. The van der Waals surface area contributed by atoms with E-state index >= 15 is 0 Å². The van der Waals surface area contributed by atoms with Crippen molar-refractivity contribution in [2.24, 2.45) is 5.92 Å². The lowest BCUT2D eigenvalue weighted by Gasteiger charge is -2.15. The molecule has 1 heterocycles. The molecule has 3 nitrogen and oxygen atoms in total. The summed E-state index contributed by atoms with van der Waals surface area (Å²) in [5.41, 5.74) is 1.16. The molecule has 1 aromatic rings. The van der Waals surface area contributed by atoms with Crippen molar-refractivity contribution in [2.75, 3.05) is 18.6 Å². The predicted molar refractivity (Wildman–Crippen MR) is 66.0 cm³/mol. The van der Waals surface area contributed by atoms with Gasteiger partial charge in [0.05, 0.1) is 0 Å². The van der Waals surface area contributed by atoms with E-state index < -0.39 is 0 Å². The van der Waals surface area contributed by atoms with Gasteiger partial charge in [0.2, 0.25) is 0 Å². The molecule has 0 saturated heterocycles. The summed E-state index contributed by atoms with van der Waals surface area (Å²) in [5, 5.41) is 3.29. The summed E-state index contributed by atoms with van der Waals surface area (Å²) < 4.78 is 0. The fraction of sp³-hybridized carbons (Fsp3) is 0.636. The minimum Gasteiger partial charge on any atom is -0.312 e. The van der Waals surface area contributed by atoms with Gasteiger partial charge in [-0.1, -0.05) is 13.8 Å². The summed E-state index contributed by atoms with van der Waals surface area (Å²) in [6.07, 6.45) is 5.33. The van der Waals surface area contributed by atoms with Crippen LogP contribution in [0.15, 0.2) is 18.7 Å². The van der Waals surface area contributed by atoms with Crippen LogP contribution in [0.5, 0.6) is 0 Å². The van der Waals surface area contributed by atoms with Crippen molar-refractivity contribution in [2.45, 2.75) is 19.9 Å². The van der Waals surface area contributed by atoms with Gasteiger partial charge in [0.1, 0.15) is 6.33 Å². The highest BCUT2D eigenvalue weighted by Gasteiger charge is 2.09. The second kappa shape index (κ2) is 6.80. The maximum absolute atomic E-state index is 4.04. The maximum Gasteiger partial charge on any atom is 0.115 e. The van der Waals surface area contributed by atoms with Crippen LogP contribution in [0.25, 0.3) is 0 Å². The molecule has 1 atom stereocenters. The van der Waals surface area contributed by atoms with E-state index in [9.17, 15) is 0 Å². The Morgan fingerprint density at radius 2 is 1.93 bits per heavy atom. The van der Waals surface area contributed by atoms with Crippen LogP contribution >= 0.6 is 11.8 Å². The number of nitrogens with zero attached hydrogens (tertiary/aromatic N) is 2. The molecular formula is C11H19N3S. The quantitative estimate of drug-likeness (QED) is 0.805. The summed E-state index contributed by atoms with van der Waals surface area (Å²) in [6.45, 7) is 4.49. The lowest BCUT2D eigenvalue weighted by Crippen LogP contribution is -2.19. The average molecular weight is 225 g/mol. The smallest absolute Gasteiger partial charge is 0.115 e. The number of nitrogens with one attached hydrogen (secondary N) is 1. The number of hydrogen-bond acceptors (Lipinski definition) is 4. The van der Waals surface area contributed by atoms with Crippen LogP contribution in [0.4, 0.5) is 0 Å². The van der Waals surface area contributed by atoms with Crippen LogP contribution < -0.4 is 5.32 Å². The Balaban J connectivity index is 2.43. The van der Waals surface area contributed by atoms with E-state index in [4.69, 9.17) is 0 Å². The third-order valence-electron chi connectivity index (χ3n) is 2.07. The second-order valence-corrected chi connectivity index (χ2v) is 5.02. The lowest BCUT2D eigenvalue weighted by atomic mass is 10.2. The average Bonchev–Trinajstić information content (AvgIpc) is 2.25. The zero-order valence-electron chi connectivity index (χ0n) is 9.60. The van der Waals surface area contributed by atoms with Gasteiger partial charge in [-0.25, -0.2) is 9.97 Å². The molecule has 4 heteroatoms. The fourth-order valence-electron chi connectivity index (χ4n) is 1.26. The molecule has 0 fully saturated rings. The van der Waals surface area contributed by atoms with Crippen molar-refractivity contribution >= 4 is 11.8 Å². The number of rotatable bonds is 6. The molecule has 0 aliphatic rings. The van der Waals surface area contributed by atoms with Crippen molar-refractivity contribution in [3.8, 4) is 0 Å². The van der Waals surface area contributed by atoms with Crippen molar-refractivity contribution < 1.29 is 0 Å². The van der Waals surface area contributed by atoms with E-state index in [0.29, 0.717) is 6.04 Å². The van der Waals surface area contributed by atoms with Crippen molar-refractivity contribution in [1.82, 2.24) is 15.3 Å². The van der Waals surface area contributed by atoms with E-state index in [1.807, 2.05) is 31.2 Å². The van der Waals surface area contributed by atoms with E-state index in [-0.39, 0.29) is 0 Å². The minimum absolute atomic E-state index is 0.356. The van der Waals surface area contributed by atoms with Gasteiger partial charge in [-0.05, 0) is 18.7 Å².